The number of benzene rings is 2. The molecule has 0 aromatic heterocycles. The second kappa shape index (κ2) is 5.99. The first-order valence-electron chi connectivity index (χ1n) is 7.47. The van der Waals surface area contributed by atoms with Gasteiger partial charge in [-0.3, -0.25) is 0 Å². The third-order valence-corrected chi connectivity index (χ3v) is 4.42. The molecule has 3 nitrogen and oxygen atoms in total. The molecule has 1 N–H and O–H groups in total. The smallest absolute Gasteiger partial charge is 0.410 e. The van der Waals surface area contributed by atoms with Gasteiger partial charge in [0.15, 0.2) is 0 Å². The highest BCUT2D eigenvalue weighted by atomic mass is 19.1. The summed E-state index contributed by atoms with van der Waals surface area (Å²) in [7, 11) is 0. The fourth-order valence-corrected chi connectivity index (χ4v) is 2.96. The Kier molecular flexibility index (Phi) is 4.03. The summed E-state index contributed by atoms with van der Waals surface area (Å²) in [4.78, 5) is 11.9. The number of hydrogen-bond acceptors (Lipinski definition) is 2. The predicted molar refractivity (Wildman–Crippen MR) is 82.3 cm³/mol. The summed E-state index contributed by atoms with van der Waals surface area (Å²) in [6, 6.07) is 12.3. The van der Waals surface area contributed by atoms with Gasteiger partial charge in [-0.25, -0.2) is 13.6 Å². The van der Waals surface area contributed by atoms with Gasteiger partial charge < -0.3 is 10.1 Å². The number of nitrogens with one attached hydrogen (secondary N) is 1. The molecule has 0 saturated heterocycles. The molecule has 5 heteroatoms. The zero-order chi connectivity index (χ0) is 16.4. The van der Waals surface area contributed by atoms with Crippen LogP contribution >= 0.6 is 0 Å². The molecule has 0 spiro atoms. The van der Waals surface area contributed by atoms with Crippen LogP contribution in [0.25, 0.3) is 0 Å². The Balaban J connectivity index is 1.67. The summed E-state index contributed by atoms with van der Waals surface area (Å²) < 4.78 is 32.3. The Hall–Kier alpha value is -2.43. The third kappa shape index (κ3) is 3.18. The van der Waals surface area contributed by atoms with Crippen LogP contribution in [0.3, 0.4) is 0 Å². The lowest BCUT2D eigenvalue weighted by Gasteiger charge is -2.19. The number of rotatable bonds is 4. The van der Waals surface area contributed by atoms with Crippen LogP contribution < -0.4 is 10.1 Å². The Morgan fingerprint density at radius 2 is 1.96 bits per heavy atom. The minimum atomic E-state index is -0.605. The maximum atomic E-state index is 14.0. The van der Waals surface area contributed by atoms with Crippen molar-refractivity contribution in [2.24, 2.45) is 5.92 Å². The van der Waals surface area contributed by atoms with Gasteiger partial charge in [-0.1, -0.05) is 31.2 Å². The number of carbonyl (C=O) groups excluding carboxylic acids is 1. The van der Waals surface area contributed by atoms with E-state index < -0.39 is 23.1 Å². The Bertz CT molecular complexity index is 720. The molecule has 2 atom stereocenters. The van der Waals surface area contributed by atoms with Crippen LogP contribution in [0.15, 0.2) is 48.5 Å². The monoisotopic (exact) mass is 317 g/mol. The highest BCUT2D eigenvalue weighted by molar-refractivity contribution is 5.70. The minimum absolute atomic E-state index is 0.208. The third-order valence-electron chi connectivity index (χ3n) is 4.42. The van der Waals surface area contributed by atoms with Crippen molar-refractivity contribution >= 4 is 6.09 Å². The summed E-state index contributed by atoms with van der Waals surface area (Å²) in [6.45, 7) is 2.23. The van der Waals surface area contributed by atoms with Crippen LogP contribution in [0.1, 0.15) is 18.9 Å². The Morgan fingerprint density at radius 1 is 1.26 bits per heavy atom. The van der Waals surface area contributed by atoms with Crippen molar-refractivity contribution < 1.29 is 18.3 Å². The molecule has 1 fully saturated rings. The van der Waals surface area contributed by atoms with E-state index in [1.807, 2.05) is 13.0 Å². The fourth-order valence-electron chi connectivity index (χ4n) is 2.96. The number of amides is 1. The molecular formula is C18H17F2NO2. The van der Waals surface area contributed by atoms with E-state index in [-0.39, 0.29) is 12.5 Å². The predicted octanol–water partition coefficient (Wildman–Crippen LogP) is 4.03. The van der Waals surface area contributed by atoms with Crippen LogP contribution in [0.5, 0.6) is 5.75 Å². The molecule has 2 aromatic rings. The molecule has 23 heavy (non-hydrogen) atoms. The average Bonchev–Trinajstić information content (AvgIpc) is 3.17. The van der Waals surface area contributed by atoms with Crippen LogP contribution in [0.4, 0.5) is 13.6 Å². The zero-order valence-electron chi connectivity index (χ0n) is 12.7. The highest BCUT2D eigenvalue weighted by Gasteiger charge is 2.53. The summed E-state index contributed by atoms with van der Waals surface area (Å²) in [5.74, 6) is -0.533. The fraction of sp³-hybridized carbons (Fsp3) is 0.278. The molecule has 0 bridgehead atoms. The van der Waals surface area contributed by atoms with Crippen molar-refractivity contribution in [1.82, 2.24) is 5.32 Å². The van der Waals surface area contributed by atoms with Crippen molar-refractivity contribution in [1.29, 1.82) is 0 Å². The molecule has 1 saturated carbocycles. The molecule has 3 rings (SSSR count). The maximum Gasteiger partial charge on any atom is 0.412 e. The van der Waals surface area contributed by atoms with Gasteiger partial charge in [-0.2, -0.15) is 0 Å². The number of halogens is 2. The van der Waals surface area contributed by atoms with E-state index in [1.54, 1.807) is 24.3 Å². The molecule has 2 aromatic carbocycles. The molecule has 0 aliphatic heterocycles. The van der Waals surface area contributed by atoms with Gasteiger partial charge in [0.1, 0.15) is 17.4 Å². The second-order valence-electron chi connectivity index (χ2n) is 5.94. The van der Waals surface area contributed by atoms with Gasteiger partial charge in [-0.15, -0.1) is 0 Å². The van der Waals surface area contributed by atoms with Gasteiger partial charge >= 0.3 is 6.09 Å². The SMILES string of the molecule is CC1CC1(CNC(=O)Oc1ccccc1)c1ccc(F)cc1F. The van der Waals surface area contributed by atoms with Crippen molar-refractivity contribution in [2.75, 3.05) is 6.54 Å². The number of carbonyl (C=O) groups is 1. The first kappa shape index (κ1) is 15.5. The first-order chi connectivity index (χ1) is 11.0. The van der Waals surface area contributed by atoms with Crippen molar-refractivity contribution in [3.8, 4) is 5.75 Å². The van der Waals surface area contributed by atoms with Crippen LogP contribution in [-0.4, -0.2) is 12.6 Å². The van der Waals surface area contributed by atoms with E-state index >= 15 is 0 Å². The van der Waals surface area contributed by atoms with Crippen molar-refractivity contribution in [3.63, 3.8) is 0 Å². The standard InChI is InChI=1S/C18H17F2NO2/c1-12-10-18(12,15-8-7-13(19)9-16(15)20)11-21-17(22)23-14-5-3-2-4-6-14/h2-9,12H,10-11H2,1H3,(H,21,22). The van der Waals surface area contributed by atoms with E-state index in [0.29, 0.717) is 11.3 Å². The molecule has 0 radical (unpaired) electrons. The molecule has 0 heterocycles. The topological polar surface area (TPSA) is 38.3 Å². The lowest BCUT2D eigenvalue weighted by atomic mass is 9.93. The second-order valence-corrected chi connectivity index (χ2v) is 5.94. The van der Waals surface area contributed by atoms with E-state index in [4.69, 9.17) is 4.74 Å². The van der Waals surface area contributed by atoms with Crippen LogP contribution in [-0.2, 0) is 5.41 Å². The quantitative estimate of drug-likeness (QED) is 0.924. The van der Waals surface area contributed by atoms with E-state index in [1.165, 1.54) is 12.1 Å². The largest absolute Gasteiger partial charge is 0.412 e. The van der Waals surface area contributed by atoms with Crippen molar-refractivity contribution in [2.45, 2.75) is 18.8 Å². The average molecular weight is 317 g/mol. The maximum absolute atomic E-state index is 14.0. The first-order valence-corrected chi connectivity index (χ1v) is 7.47. The summed E-state index contributed by atoms with van der Waals surface area (Å²) in [6.07, 6.45) is 0.151. The lowest BCUT2D eigenvalue weighted by molar-refractivity contribution is 0.199. The van der Waals surface area contributed by atoms with E-state index in [2.05, 4.69) is 5.32 Å². The van der Waals surface area contributed by atoms with E-state index in [0.717, 1.165) is 12.5 Å². The van der Waals surface area contributed by atoms with Crippen LogP contribution in [0, 0.1) is 17.6 Å². The van der Waals surface area contributed by atoms with Crippen LogP contribution in [0.2, 0.25) is 0 Å². The molecule has 120 valence electrons. The summed E-state index contributed by atoms with van der Waals surface area (Å²) in [5, 5.41) is 2.68. The molecular weight excluding hydrogens is 300 g/mol. The molecule has 1 aliphatic carbocycles. The molecule has 2 unspecified atom stereocenters. The number of hydrogen-bond donors (Lipinski definition) is 1. The minimum Gasteiger partial charge on any atom is -0.410 e. The van der Waals surface area contributed by atoms with Crippen molar-refractivity contribution in [3.05, 3.63) is 65.7 Å². The van der Waals surface area contributed by atoms with E-state index in [9.17, 15) is 13.6 Å². The lowest BCUT2D eigenvalue weighted by Crippen LogP contribution is -2.35. The van der Waals surface area contributed by atoms with Gasteiger partial charge in [0.2, 0.25) is 0 Å². The number of para-hydroxylation sites is 1. The normalized spacial score (nSPS) is 22.5. The van der Waals surface area contributed by atoms with Gasteiger partial charge in [-0.05, 0) is 36.1 Å². The zero-order valence-corrected chi connectivity index (χ0v) is 12.7. The number of ether oxygens (including phenoxy) is 1. The molecule has 1 amide bonds. The summed E-state index contributed by atoms with van der Waals surface area (Å²) in [5.41, 5.74) is -0.0561. The molecule has 1 aliphatic rings. The Labute approximate surface area is 133 Å². The Morgan fingerprint density at radius 3 is 2.57 bits per heavy atom. The van der Waals surface area contributed by atoms with Gasteiger partial charge in [0.25, 0.3) is 0 Å². The summed E-state index contributed by atoms with van der Waals surface area (Å²) >= 11 is 0. The highest BCUT2D eigenvalue weighted by Crippen LogP contribution is 2.54. The van der Waals surface area contributed by atoms with Gasteiger partial charge in [0, 0.05) is 18.0 Å². The van der Waals surface area contributed by atoms with Gasteiger partial charge in [0.05, 0.1) is 0 Å².